The van der Waals surface area contributed by atoms with Crippen LogP contribution in [-0.4, -0.2) is 34.8 Å². The van der Waals surface area contributed by atoms with Crippen LogP contribution in [0.4, 0.5) is 0 Å². The Morgan fingerprint density at radius 1 is 1.50 bits per heavy atom. The minimum atomic E-state index is -0.0960. The highest BCUT2D eigenvalue weighted by molar-refractivity contribution is 7.99. The zero-order chi connectivity index (χ0) is 10.6. The average Bonchev–Trinajstić information content (AvgIpc) is 2.38. The van der Waals surface area contributed by atoms with Crippen molar-refractivity contribution in [2.45, 2.75) is 26.7 Å². The third kappa shape index (κ3) is 2.74. The maximum absolute atomic E-state index is 11.5. The van der Waals surface area contributed by atoms with Crippen LogP contribution in [0, 0.1) is 5.92 Å². The highest BCUT2D eigenvalue weighted by Gasteiger charge is 2.34. The first-order chi connectivity index (χ1) is 6.66. The Kier molecular flexibility index (Phi) is 4.45. The maximum atomic E-state index is 11.5. The second kappa shape index (κ2) is 5.39. The predicted octanol–water partition coefficient (Wildman–Crippen LogP) is 1.52. The first kappa shape index (κ1) is 11.6. The van der Waals surface area contributed by atoms with Crippen molar-refractivity contribution in [3.05, 3.63) is 0 Å². The number of likely N-dealkylation sites (tertiary alicyclic amines) is 1. The summed E-state index contributed by atoms with van der Waals surface area (Å²) in [5, 5.41) is 0. The molecule has 1 atom stereocenters. The maximum Gasteiger partial charge on any atom is 0.232 e. The summed E-state index contributed by atoms with van der Waals surface area (Å²) in [6, 6.07) is 0. The van der Waals surface area contributed by atoms with E-state index in [0.29, 0.717) is 13.0 Å². The lowest BCUT2D eigenvalue weighted by molar-refractivity contribution is -0.139. The summed E-state index contributed by atoms with van der Waals surface area (Å²) in [6.07, 6.45) is 1.32. The molecule has 1 heterocycles. The van der Waals surface area contributed by atoms with Crippen LogP contribution in [0.5, 0.6) is 0 Å². The van der Waals surface area contributed by atoms with Crippen molar-refractivity contribution < 1.29 is 9.59 Å². The summed E-state index contributed by atoms with van der Waals surface area (Å²) < 4.78 is 0. The van der Waals surface area contributed by atoms with E-state index in [0.717, 1.165) is 17.9 Å². The molecule has 1 rings (SSSR count). The number of thioether (sulfide) groups is 1. The average molecular weight is 215 g/mol. The van der Waals surface area contributed by atoms with Gasteiger partial charge in [0.25, 0.3) is 0 Å². The number of hydrogen-bond donors (Lipinski definition) is 0. The van der Waals surface area contributed by atoms with Gasteiger partial charge in [-0.1, -0.05) is 13.8 Å². The van der Waals surface area contributed by atoms with Gasteiger partial charge >= 0.3 is 0 Å². The van der Waals surface area contributed by atoms with Gasteiger partial charge in [0, 0.05) is 18.9 Å². The van der Waals surface area contributed by atoms with Gasteiger partial charge in [-0.2, -0.15) is 11.8 Å². The minimum absolute atomic E-state index is 0.00370. The molecule has 0 aromatic heterocycles. The normalized spacial score (nSPS) is 22.1. The minimum Gasteiger partial charge on any atom is -0.282 e. The molecule has 0 radical (unpaired) electrons. The van der Waals surface area contributed by atoms with Crippen LogP contribution in [-0.2, 0) is 9.59 Å². The topological polar surface area (TPSA) is 37.4 Å². The van der Waals surface area contributed by atoms with Crippen molar-refractivity contribution in [3.63, 3.8) is 0 Å². The van der Waals surface area contributed by atoms with Crippen LogP contribution in [0.25, 0.3) is 0 Å². The van der Waals surface area contributed by atoms with E-state index in [9.17, 15) is 9.59 Å². The van der Waals surface area contributed by atoms with Gasteiger partial charge in [-0.25, -0.2) is 0 Å². The van der Waals surface area contributed by atoms with Crippen molar-refractivity contribution in [2.75, 3.05) is 18.1 Å². The van der Waals surface area contributed by atoms with Crippen molar-refractivity contribution in [1.29, 1.82) is 0 Å². The van der Waals surface area contributed by atoms with Gasteiger partial charge in [0.1, 0.15) is 0 Å². The fourth-order valence-corrected chi connectivity index (χ4v) is 2.17. The van der Waals surface area contributed by atoms with Crippen LogP contribution < -0.4 is 0 Å². The Morgan fingerprint density at radius 2 is 2.21 bits per heavy atom. The highest BCUT2D eigenvalue weighted by Crippen LogP contribution is 2.19. The van der Waals surface area contributed by atoms with Gasteiger partial charge < -0.3 is 0 Å². The third-order valence-electron chi connectivity index (χ3n) is 2.34. The predicted molar refractivity (Wildman–Crippen MR) is 58.1 cm³/mol. The Balaban J connectivity index is 2.30. The van der Waals surface area contributed by atoms with Gasteiger partial charge in [0.2, 0.25) is 11.8 Å². The second-order valence-electron chi connectivity index (χ2n) is 3.54. The monoisotopic (exact) mass is 215 g/mol. The van der Waals surface area contributed by atoms with Gasteiger partial charge in [0.05, 0.1) is 0 Å². The summed E-state index contributed by atoms with van der Waals surface area (Å²) in [5.41, 5.74) is 0. The zero-order valence-electron chi connectivity index (χ0n) is 8.78. The molecular weight excluding hydrogens is 198 g/mol. The molecule has 1 saturated heterocycles. The van der Waals surface area contributed by atoms with Crippen LogP contribution >= 0.6 is 11.8 Å². The lowest BCUT2D eigenvalue weighted by atomic mass is 10.1. The molecule has 0 aromatic carbocycles. The molecular formula is C10H17NO2S. The summed E-state index contributed by atoms with van der Waals surface area (Å²) in [5.74, 6) is 2.04. The Bertz CT molecular complexity index is 230. The molecule has 1 aliphatic heterocycles. The van der Waals surface area contributed by atoms with E-state index in [4.69, 9.17) is 0 Å². The molecule has 2 amide bonds. The van der Waals surface area contributed by atoms with Crippen LogP contribution in [0.2, 0.25) is 0 Å². The zero-order valence-corrected chi connectivity index (χ0v) is 9.60. The van der Waals surface area contributed by atoms with Crippen molar-refractivity contribution in [3.8, 4) is 0 Å². The molecule has 0 bridgehead atoms. The lowest BCUT2D eigenvalue weighted by Gasteiger charge is -2.13. The van der Waals surface area contributed by atoms with Crippen LogP contribution in [0.15, 0.2) is 0 Å². The summed E-state index contributed by atoms with van der Waals surface area (Å²) in [6.45, 7) is 4.54. The van der Waals surface area contributed by atoms with E-state index in [1.54, 1.807) is 0 Å². The fourth-order valence-electron chi connectivity index (χ4n) is 1.55. The number of carbonyl (C=O) groups excluding carboxylic acids is 2. The fraction of sp³-hybridized carbons (Fsp3) is 0.800. The van der Waals surface area contributed by atoms with Gasteiger partial charge in [-0.05, 0) is 17.9 Å². The van der Waals surface area contributed by atoms with Crippen LogP contribution in [0.1, 0.15) is 26.7 Å². The van der Waals surface area contributed by atoms with E-state index in [-0.39, 0.29) is 17.7 Å². The van der Waals surface area contributed by atoms with Crippen molar-refractivity contribution in [1.82, 2.24) is 4.90 Å². The molecule has 1 aliphatic rings. The number of nitrogens with zero attached hydrogens (tertiary/aromatic N) is 1. The molecule has 14 heavy (non-hydrogen) atoms. The molecule has 0 aromatic rings. The van der Waals surface area contributed by atoms with Gasteiger partial charge in [-0.3, -0.25) is 14.5 Å². The van der Waals surface area contributed by atoms with Crippen molar-refractivity contribution >= 4 is 23.6 Å². The van der Waals surface area contributed by atoms with E-state index < -0.39 is 0 Å². The quantitative estimate of drug-likeness (QED) is 0.515. The highest BCUT2D eigenvalue weighted by atomic mass is 32.2. The Hall–Kier alpha value is -0.510. The number of hydrogen-bond acceptors (Lipinski definition) is 3. The molecule has 0 N–H and O–H groups in total. The molecule has 3 nitrogen and oxygen atoms in total. The van der Waals surface area contributed by atoms with E-state index in [1.807, 2.05) is 18.7 Å². The molecule has 0 spiro atoms. The summed E-state index contributed by atoms with van der Waals surface area (Å²) in [4.78, 5) is 24.3. The Labute approximate surface area is 89.2 Å². The number of carbonyl (C=O) groups is 2. The third-order valence-corrected chi connectivity index (χ3v) is 3.33. The SMILES string of the molecule is CCSCCCN1C(=O)CC(C)C1=O. The Morgan fingerprint density at radius 3 is 2.71 bits per heavy atom. The lowest BCUT2D eigenvalue weighted by Crippen LogP contribution is -2.31. The first-order valence-corrected chi connectivity index (χ1v) is 6.24. The van der Waals surface area contributed by atoms with Gasteiger partial charge in [0.15, 0.2) is 0 Å². The smallest absolute Gasteiger partial charge is 0.232 e. The molecule has 0 saturated carbocycles. The first-order valence-electron chi connectivity index (χ1n) is 5.08. The molecule has 80 valence electrons. The van der Waals surface area contributed by atoms with E-state index in [2.05, 4.69) is 6.92 Å². The number of rotatable bonds is 5. The van der Waals surface area contributed by atoms with Crippen LogP contribution in [0.3, 0.4) is 0 Å². The standard InChI is InChI=1S/C10H17NO2S/c1-3-14-6-4-5-11-9(12)7-8(2)10(11)13/h8H,3-7H2,1-2H3. The molecule has 0 aliphatic carbocycles. The molecule has 4 heteroatoms. The second-order valence-corrected chi connectivity index (χ2v) is 4.93. The molecule has 1 fully saturated rings. The number of amides is 2. The van der Waals surface area contributed by atoms with Gasteiger partial charge in [-0.15, -0.1) is 0 Å². The number of imide groups is 1. The summed E-state index contributed by atoms with van der Waals surface area (Å²) >= 11 is 1.85. The van der Waals surface area contributed by atoms with Crippen molar-refractivity contribution in [2.24, 2.45) is 5.92 Å². The van der Waals surface area contributed by atoms with E-state index >= 15 is 0 Å². The molecule has 1 unspecified atom stereocenters. The summed E-state index contributed by atoms with van der Waals surface area (Å²) in [7, 11) is 0. The largest absolute Gasteiger partial charge is 0.282 e. The van der Waals surface area contributed by atoms with E-state index in [1.165, 1.54) is 4.90 Å².